The van der Waals surface area contributed by atoms with Crippen LogP contribution in [0.15, 0.2) is 57.9 Å². The molecule has 0 aliphatic heterocycles. The summed E-state index contributed by atoms with van der Waals surface area (Å²) < 4.78 is 42.7. The Kier molecular flexibility index (Phi) is 7.30. The molecule has 0 saturated carbocycles. The van der Waals surface area contributed by atoms with Gasteiger partial charge in [0.1, 0.15) is 11.5 Å². The van der Waals surface area contributed by atoms with Gasteiger partial charge in [0.15, 0.2) is 12.4 Å². The summed E-state index contributed by atoms with van der Waals surface area (Å²) >= 11 is 5.83. The molecule has 160 valence electrons. The zero-order valence-electron chi connectivity index (χ0n) is 16.6. The van der Waals surface area contributed by atoms with Crippen molar-refractivity contribution in [3.05, 3.63) is 65.3 Å². The molecule has 0 saturated heterocycles. The maximum atomic E-state index is 12.7. The molecule has 0 aliphatic carbocycles. The fourth-order valence-electron chi connectivity index (χ4n) is 2.56. The van der Waals surface area contributed by atoms with Crippen LogP contribution in [0.4, 0.5) is 0 Å². The molecule has 0 bridgehead atoms. The highest BCUT2D eigenvalue weighted by molar-refractivity contribution is 7.89. The van der Waals surface area contributed by atoms with E-state index in [2.05, 4.69) is 10.1 Å². The number of sulfonamides is 1. The zero-order chi connectivity index (χ0) is 21.6. The van der Waals surface area contributed by atoms with Gasteiger partial charge in [0.2, 0.25) is 10.0 Å². The fourth-order valence-corrected chi connectivity index (χ4v) is 3.86. The molecule has 0 N–H and O–H groups in total. The van der Waals surface area contributed by atoms with Gasteiger partial charge in [-0.15, -0.1) is 0 Å². The highest BCUT2D eigenvalue weighted by Crippen LogP contribution is 2.19. The smallest absolute Gasteiger partial charge is 0.264 e. The van der Waals surface area contributed by atoms with Crippen molar-refractivity contribution in [2.24, 2.45) is 0 Å². The van der Waals surface area contributed by atoms with Crippen LogP contribution in [0.2, 0.25) is 5.02 Å². The zero-order valence-corrected chi connectivity index (χ0v) is 18.2. The van der Waals surface area contributed by atoms with E-state index >= 15 is 0 Å². The molecule has 0 aliphatic rings. The van der Waals surface area contributed by atoms with Gasteiger partial charge in [0, 0.05) is 25.0 Å². The Morgan fingerprint density at radius 1 is 1.03 bits per heavy atom. The van der Waals surface area contributed by atoms with Gasteiger partial charge in [-0.05, 0) is 55.5 Å². The number of hydrogen-bond acceptors (Lipinski definition) is 7. The van der Waals surface area contributed by atoms with Gasteiger partial charge in [0.25, 0.3) is 5.89 Å². The first kappa shape index (κ1) is 22.1. The van der Waals surface area contributed by atoms with E-state index in [0.29, 0.717) is 41.3 Å². The molecular weight excluding hydrogens is 430 g/mol. The lowest BCUT2D eigenvalue weighted by molar-refractivity contribution is 0.242. The lowest BCUT2D eigenvalue weighted by atomic mass is 10.3. The van der Waals surface area contributed by atoms with E-state index in [0.717, 1.165) is 0 Å². The number of aromatic nitrogens is 2. The molecule has 30 heavy (non-hydrogen) atoms. The lowest BCUT2D eigenvalue weighted by Crippen LogP contribution is -2.29. The van der Waals surface area contributed by atoms with E-state index in [4.69, 9.17) is 25.6 Å². The second-order valence-corrected chi connectivity index (χ2v) is 8.81. The number of rotatable bonds is 10. The molecule has 3 aromatic rings. The van der Waals surface area contributed by atoms with Gasteiger partial charge in [-0.25, -0.2) is 12.7 Å². The standard InChI is InChI=1S/C20H22ClN3O5S/c1-3-27-16-8-10-18(11-9-16)30(25,26)24(2)13-12-19-22-20(29-23-19)14-28-17-6-4-15(21)5-7-17/h4-11H,3,12-14H2,1-2H3. The average molecular weight is 452 g/mol. The van der Waals surface area contributed by atoms with Crippen LogP contribution in [0.25, 0.3) is 0 Å². The van der Waals surface area contributed by atoms with Crippen LogP contribution < -0.4 is 9.47 Å². The minimum absolute atomic E-state index is 0.106. The molecule has 0 atom stereocenters. The van der Waals surface area contributed by atoms with Gasteiger partial charge < -0.3 is 14.0 Å². The lowest BCUT2D eigenvalue weighted by Gasteiger charge is -2.16. The summed E-state index contributed by atoms with van der Waals surface area (Å²) in [6.45, 7) is 2.69. The van der Waals surface area contributed by atoms with Gasteiger partial charge >= 0.3 is 0 Å². The number of nitrogens with zero attached hydrogens (tertiary/aromatic N) is 3. The molecular formula is C20H22ClN3O5S. The molecule has 8 nitrogen and oxygen atoms in total. The normalized spacial score (nSPS) is 11.6. The Morgan fingerprint density at radius 2 is 1.67 bits per heavy atom. The summed E-state index contributed by atoms with van der Waals surface area (Å²) in [6.07, 6.45) is 0.303. The third-order valence-corrected chi connectivity index (χ3v) is 6.30. The minimum Gasteiger partial charge on any atom is -0.494 e. The largest absolute Gasteiger partial charge is 0.494 e. The van der Waals surface area contributed by atoms with Crippen molar-refractivity contribution in [2.75, 3.05) is 20.2 Å². The van der Waals surface area contributed by atoms with Crippen molar-refractivity contribution in [1.82, 2.24) is 14.4 Å². The molecule has 1 aromatic heterocycles. The summed E-state index contributed by atoms with van der Waals surface area (Å²) in [6, 6.07) is 13.2. The SMILES string of the molecule is CCOc1ccc(S(=O)(=O)N(C)CCc2noc(COc3ccc(Cl)cc3)n2)cc1. The topological polar surface area (TPSA) is 94.8 Å². The van der Waals surface area contributed by atoms with Crippen LogP contribution in [-0.2, 0) is 23.1 Å². The molecule has 1 heterocycles. The molecule has 2 aromatic carbocycles. The Balaban J connectivity index is 1.53. The summed E-state index contributed by atoms with van der Waals surface area (Å²) in [7, 11) is -2.12. The first-order valence-electron chi connectivity index (χ1n) is 9.27. The van der Waals surface area contributed by atoms with Crippen LogP contribution >= 0.6 is 11.6 Å². The number of benzene rings is 2. The first-order valence-corrected chi connectivity index (χ1v) is 11.1. The van der Waals surface area contributed by atoms with Crippen LogP contribution in [-0.4, -0.2) is 43.1 Å². The Morgan fingerprint density at radius 3 is 2.33 bits per heavy atom. The van der Waals surface area contributed by atoms with E-state index in [1.165, 1.54) is 23.5 Å². The van der Waals surface area contributed by atoms with Crippen molar-refractivity contribution in [2.45, 2.75) is 24.8 Å². The average Bonchev–Trinajstić information content (AvgIpc) is 3.20. The van der Waals surface area contributed by atoms with Gasteiger partial charge in [-0.2, -0.15) is 4.98 Å². The Bertz CT molecular complexity index is 1050. The van der Waals surface area contributed by atoms with Crippen molar-refractivity contribution in [3.63, 3.8) is 0 Å². The van der Waals surface area contributed by atoms with E-state index < -0.39 is 10.0 Å². The summed E-state index contributed by atoms with van der Waals surface area (Å²) in [5.74, 6) is 1.95. The van der Waals surface area contributed by atoms with E-state index in [1.54, 1.807) is 36.4 Å². The number of halogens is 1. The summed E-state index contributed by atoms with van der Waals surface area (Å²) in [5.41, 5.74) is 0. The Labute approximate surface area is 180 Å². The van der Waals surface area contributed by atoms with Crippen molar-refractivity contribution in [1.29, 1.82) is 0 Å². The first-order chi connectivity index (χ1) is 14.4. The summed E-state index contributed by atoms with van der Waals surface area (Å²) in [5, 5.41) is 4.49. The molecule has 10 heteroatoms. The maximum Gasteiger partial charge on any atom is 0.264 e. The van der Waals surface area contributed by atoms with Crippen LogP contribution in [0.5, 0.6) is 11.5 Å². The van der Waals surface area contributed by atoms with Gasteiger partial charge in [-0.1, -0.05) is 16.8 Å². The molecule has 0 fully saturated rings. The van der Waals surface area contributed by atoms with Gasteiger partial charge in [-0.3, -0.25) is 0 Å². The highest BCUT2D eigenvalue weighted by Gasteiger charge is 2.21. The van der Waals surface area contributed by atoms with Crippen LogP contribution in [0.1, 0.15) is 18.6 Å². The predicted molar refractivity (Wildman–Crippen MR) is 111 cm³/mol. The fraction of sp³-hybridized carbons (Fsp3) is 0.300. The minimum atomic E-state index is -3.63. The molecule has 0 amide bonds. The van der Waals surface area contributed by atoms with Gasteiger partial charge in [0.05, 0.1) is 11.5 Å². The number of ether oxygens (including phenoxy) is 2. The monoisotopic (exact) mass is 451 g/mol. The van der Waals surface area contributed by atoms with E-state index in [1.807, 2.05) is 6.92 Å². The third-order valence-electron chi connectivity index (χ3n) is 4.18. The second-order valence-electron chi connectivity index (χ2n) is 6.33. The second kappa shape index (κ2) is 9.92. The van der Waals surface area contributed by atoms with Crippen molar-refractivity contribution in [3.8, 4) is 11.5 Å². The molecule has 3 rings (SSSR count). The number of hydrogen-bond donors (Lipinski definition) is 0. The van der Waals surface area contributed by atoms with Crippen LogP contribution in [0.3, 0.4) is 0 Å². The molecule has 0 spiro atoms. The number of likely N-dealkylation sites (N-methyl/N-ethyl adjacent to an activating group) is 1. The van der Waals surface area contributed by atoms with Crippen molar-refractivity contribution < 1.29 is 22.4 Å². The predicted octanol–water partition coefficient (Wildman–Crippen LogP) is 3.56. The Hall–Kier alpha value is -2.62. The third kappa shape index (κ3) is 5.71. The van der Waals surface area contributed by atoms with E-state index in [-0.39, 0.29) is 18.0 Å². The highest BCUT2D eigenvalue weighted by atomic mass is 35.5. The molecule has 0 radical (unpaired) electrons. The van der Waals surface area contributed by atoms with Crippen molar-refractivity contribution >= 4 is 21.6 Å². The maximum absolute atomic E-state index is 12.7. The molecule has 0 unspecified atom stereocenters. The quantitative estimate of drug-likeness (QED) is 0.465. The van der Waals surface area contributed by atoms with E-state index in [9.17, 15) is 8.42 Å². The van der Waals surface area contributed by atoms with Crippen LogP contribution in [0, 0.1) is 0 Å². The summed E-state index contributed by atoms with van der Waals surface area (Å²) in [4.78, 5) is 4.43.